The van der Waals surface area contributed by atoms with Crippen LogP contribution in [-0.4, -0.2) is 46.1 Å². The Morgan fingerprint density at radius 1 is 0.886 bits per heavy atom. The van der Waals surface area contributed by atoms with Gasteiger partial charge in [-0.2, -0.15) is 0 Å². The first-order valence-corrected chi connectivity index (χ1v) is 15.3. The minimum atomic E-state index is -1.07. The Morgan fingerprint density at radius 3 is 2.36 bits per heavy atom. The molecule has 0 fully saturated rings. The SMILES string of the molecule is Cc1ccc(C(NC(=O)O)c2cccc(OCCCCCCCCCNCC(O)c3ccc(O)c4[nH]c(=O)ccc34)c2)cc1. The molecule has 0 aliphatic heterocycles. The van der Waals surface area contributed by atoms with Gasteiger partial charge >= 0.3 is 6.09 Å². The maximum absolute atomic E-state index is 11.6. The van der Waals surface area contributed by atoms with Crippen LogP contribution in [0.2, 0.25) is 0 Å². The quantitative estimate of drug-likeness (QED) is 0.0776. The molecule has 0 spiro atoms. The molecule has 0 bridgehead atoms. The van der Waals surface area contributed by atoms with E-state index in [0.717, 1.165) is 73.9 Å². The van der Waals surface area contributed by atoms with E-state index >= 15 is 0 Å². The van der Waals surface area contributed by atoms with Gasteiger partial charge in [-0.05, 0) is 67.3 Å². The van der Waals surface area contributed by atoms with Crippen molar-refractivity contribution >= 4 is 17.0 Å². The Bertz CT molecular complexity index is 1550. The highest BCUT2D eigenvalue weighted by Crippen LogP contribution is 2.29. The van der Waals surface area contributed by atoms with Crippen LogP contribution in [0.4, 0.5) is 4.79 Å². The topological polar surface area (TPSA) is 144 Å². The number of aliphatic hydroxyl groups excluding tert-OH is 1. The zero-order chi connectivity index (χ0) is 31.3. The molecule has 4 aromatic rings. The fraction of sp³-hybridized carbons (Fsp3) is 0.371. The monoisotopic (exact) mass is 601 g/mol. The number of unbranched alkanes of at least 4 members (excludes halogenated alkanes) is 6. The Kier molecular flexibility index (Phi) is 12.2. The van der Waals surface area contributed by atoms with Crippen LogP contribution in [0.3, 0.4) is 0 Å². The zero-order valence-electron chi connectivity index (χ0n) is 25.2. The van der Waals surface area contributed by atoms with Gasteiger partial charge < -0.3 is 35.7 Å². The summed E-state index contributed by atoms with van der Waals surface area (Å²) < 4.78 is 5.98. The first-order chi connectivity index (χ1) is 21.3. The number of hydrogen-bond donors (Lipinski definition) is 6. The van der Waals surface area contributed by atoms with Crippen molar-refractivity contribution in [3.63, 3.8) is 0 Å². The van der Waals surface area contributed by atoms with Crippen molar-refractivity contribution in [3.05, 3.63) is 105 Å². The molecule has 0 radical (unpaired) electrons. The van der Waals surface area contributed by atoms with Gasteiger partial charge in [0, 0.05) is 18.0 Å². The van der Waals surface area contributed by atoms with Gasteiger partial charge in [-0.25, -0.2) is 4.79 Å². The molecule has 6 N–H and O–H groups in total. The van der Waals surface area contributed by atoms with E-state index in [0.29, 0.717) is 29.6 Å². The van der Waals surface area contributed by atoms with E-state index in [4.69, 9.17) is 4.74 Å². The number of hydrogen-bond acceptors (Lipinski definition) is 6. The molecule has 1 heterocycles. The molecule has 9 heteroatoms. The first kappa shape index (κ1) is 32.6. The van der Waals surface area contributed by atoms with Crippen molar-refractivity contribution in [2.24, 2.45) is 0 Å². The lowest BCUT2D eigenvalue weighted by atomic mass is 9.98. The van der Waals surface area contributed by atoms with Crippen molar-refractivity contribution in [1.82, 2.24) is 15.6 Å². The Hall–Kier alpha value is -4.34. The highest BCUT2D eigenvalue weighted by molar-refractivity contribution is 5.87. The van der Waals surface area contributed by atoms with E-state index in [1.807, 2.05) is 55.5 Å². The number of carbonyl (C=O) groups is 1. The third-order valence-electron chi connectivity index (χ3n) is 7.74. The molecular formula is C35H43N3O6. The van der Waals surface area contributed by atoms with E-state index < -0.39 is 18.2 Å². The summed E-state index contributed by atoms with van der Waals surface area (Å²) in [6.07, 6.45) is 5.82. The van der Waals surface area contributed by atoms with Crippen LogP contribution >= 0.6 is 0 Å². The highest BCUT2D eigenvalue weighted by atomic mass is 16.5. The number of carboxylic acid groups (broad SMARTS) is 1. The van der Waals surface area contributed by atoms with Crippen LogP contribution in [-0.2, 0) is 0 Å². The maximum atomic E-state index is 11.6. The van der Waals surface area contributed by atoms with E-state index in [9.17, 15) is 24.9 Å². The summed E-state index contributed by atoms with van der Waals surface area (Å²) in [5.74, 6) is 0.719. The summed E-state index contributed by atoms with van der Waals surface area (Å²) >= 11 is 0. The number of phenolic OH excluding ortho intramolecular Hbond substituents is 1. The fourth-order valence-corrected chi connectivity index (χ4v) is 5.35. The van der Waals surface area contributed by atoms with Gasteiger partial charge in [0.1, 0.15) is 11.5 Å². The second-order valence-electron chi connectivity index (χ2n) is 11.2. The van der Waals surface area contributed by atoms with Gasteiger partial charge in [-0.3, -0.25) is 4.79 Å². The van der Waals surface area contributed by atoms with Crippen LogP contribution in [0.5, 0.6) is 11.5 Å². The second-order valence-corrected chi connectivity index (χ2v) is 11.2. The molecule has 0 saturated carbocycles. The maximum Gasteiger partial charge on any atom is 0.405 e. The number of rotatable bonds is 17. The average molecular weight is 602 g/mol. The molecule has 0 aliphatic rings. The molecular weight excluding hydrogens is 558 g/mol. The molecule has 1 amide bonds. The molecule has 3 aromatic carbocycles. The van der Waals surface area contributed by atoms with Crippen molar-refractivity contribution < 1.29 is 24.9 Å². The number of aryl methyl sites for hydroxylation is 1. The largest absolute Gasteiger partial charge is 0.506 e. The summed E-state index contributed by atoms with van der Waals surface area (Å²) in [7, 11) is 0. The number of benzene rings is 3. The molecule has 234 valence electrons. The molecule has 4 rings (SSSR count). The standard InChI is InChI=1S/C35H43N3O6/c1-24-12-14-25(15-13-24)33(38-35(42)43)26-10-9-11-27(22-26)44-21-8-6-4-2-3-5-7-20-36-23-31(40)28-16-18-30(39)34-29(28)17-19-32(41)37-34/h9-19,22,31,33,36,38-40H,2-8,20-21,23H2,1H3,(H,37,41)(H,42,43). The number of aliphatic hydroxyl groups is 1. The molecule has 2 atom stereocenters. The fourth-order valence-electron chi connectivity index (χ4n) is 5.35. The van der Waals surface area contributed by atoms with Gasteiger partial charge in [0.15, 0.2) is 0 Å². The van der Waals surface area contributed by atoms with Crippen LogP contribution in [0.15, 0.2) is 77.6 Å². The van der Waals surface area contributed by atoms with Gasteiger partial charge in [-0.15, -0.1) is 0 Å². The number of amides is 1. The lowest BCUT2D eigenvalue weighted by Gasteiger charge is -2.19. The highest BCUT2D eigenvalue weighted by Gasteiger charge is 2.17. The van der Waals surface area contributed by atoms with Gasteiger partial charge in [0.25, 0.3) is 0 Å². The Morgan fingerprint density at radius 2 is 1.61 bits per heavy atom. The Labute approximate surface area is 257 Å². The number of pyridine rings is 1. The summed E-state index contributed by atoms with van der Waals surface area (Å²) in [6, 6.07) is 21.2. The molecule has 2 unspecified atom stereocenters. The van der Waals surface area contributed by atoms with E-state index in [1.165, 1.54) is 12.1 Å². The summed E-state index contributed by atoms with van der Waals surface area (Å²) in [5.41, 5.74) is 3.54. The lowest BCUT2D eigenvalue weighted by Crippen LogP contribution is -2.27. The summed E-state index contributed by atoms with van der Waals surface area (Å²) in [5, 5.41) is 36.6. The molecule has 0 aliphatic carbocycles. The van der Waals surface area contributed by atoms with Crippen LogP contribution < -0.4 is 20.9 Å². The van der Waals surface area contributed by atoms with E-state index in [2.05, 4.69) is 15.6 Å². The minimum absolute atomic E-state index is 0.0149. The average Bonchev–Trinajstić information content (AvgIpc) is 3.01. The van der Waals surface area contributed by atoms with Crippen molar-refractivity contribution in [3.8, 4) is 11.5 Å². The molecule has 9 nitrogen and oxygen atoms in total. The first-order valence-electron chi connectivity index (χ1n) is 15.3. The zero-order valence-corrected chi connectivity index (χ0v) is 25.2. The normalized spacial score (nSPS) is 12.6. The third kappa shape index (κ3) is 9.59. The van der Waals surface area contributed by atoms with Gasteiger partial charge in [-0.1, -0.05) is 80.1 Å². The number of ether oxygens (including phenoxy) is 1. The van der Waals surface area contributed by atoms with Crippen molar-refractivity contribution in [2.75, 3.05) is 19.7 Å². The smallest absolute Gasteiger partial charge is 0.405 e. The van der Waals surface area contributed by atoms with Crippen molar-refractivity contribution in [2.45, 2.75) is 64.0 Å². The van der Waals surface area contributed by atoms with Crippen molar-refractivity contribution in [1.29, 1.82) is 0 Å². The second kappa shape index (κ2) is 16.5. The number of H-pyrrole nitrogens is 1. The van der Waals surface area contributed by atoms with Crippen LogP contribution in [0.1, 0.15) is 79.3 Å². The number of aromatic nitrogens is 1. The van der Waals surface area contributed by atoms with E-state index in [-0.39, 0.29) is 11.3 Å². The summed E-state index contributed by atoms with van der Waals surface area (Å²) in [6.45, 7) is 3.82. The number of fused-ring (bicyclic) bond motifs is 1. The number of nitrogens with one attached hydrogen (secondary N) is 3. The molecule has 0 saturated heterocycles. The van der Waals surface area contributed by atoms with Crippen LogP contribution in [0, 0.1) is 6.92 Å². The Balaban J connectivity index is 1.08. The number of aromatic amines is 1. The lowest BCUT2D eigenvalue weighted by molar-refractivity contribution is 0.176. The van der Waals surface area contributed by atoms with E-state index in [1.54, 1.807) is 12.1 Å². The number of phenols is 1. The predicted octanol–water partition coefficient (Wildman–Crippen LogP) is 6.33. The third-order valence-corrected chi connectivity index (χ3v) is 7.74. The van der Waals surface area contributed by atoms with Gasteiger partial charge in [0.2, 0.25) is 5.56 Å². The van der Waals surface area contributed by atoms with Crippen LogP contribution in [0.25, 0.3) is 10.9 Å². The van der Waals surface area contributed by atoms with Gasteiger partial charge in [0.05, 0.1) is 24.3 Å². The molecule has 44 heavy (non-hydrogen) atoms. The molecule has 1 aromatic heterocycles. The minimum Gasteiger partial charge on any atom is -0.506 e. The predicted molar refractivity (Wildman–Crippen MR) is 173 cm³/mol. The number of aromatic hydroxyl groups is 1. The summed E-state index contributed by atoms with van der Waals surface area (Å²) in [4.78, 5) is 25.7.